The van der Waals surface area contributed by atoms with Crippen LogP contribution in [0, 0.1) is 0 Å². The molecule has 130 valence electrons. The van der Waals surface area contributed by atoms with Crippen LogP contribution in [0.15, 0.2) is 46.9 Å². The summed E-state index contributed by atoms with van der Waals surface area (Å²) < 4.78 is 5.92. The van der Waals surface area contributed by atoms with Crippen molar-refractivity contribution in [1.82, 2.24) is 5.32 Å². The minimum Gasteiger partial charge on any atom is -0.496 e. The van der Waals surface area contributed by atoms with Gasteiger partial charge in [0.2, 0.25) is 5.91 Å². The van der Waals surface area contributed by atoms with Gasteiger partial charge < -0.3 is 10.1 Å². The van der Waals surface area contributed by atoms with Gasteiger partial charge in [-0.1, -0.05) is 29.3 Å². The first kappa shape index (κ1) is 19.7. The van der Waals surface area contributed by atoms with Gasteiger partial charge in [0.05, 0.1) is 11.6 Å². The average molecular weight is 460 g/mol. The van der Waals surface area contributed by atoms with E-state index in [2.05, 4.69) is 26.6 Å². The number of ether oxygens (including phenoxy) is 1. The molecule has 0 radical (unpaired) electrons. The summed E-state index contributed by atoms with van der Waals surface area (Å²) in [4.78, 5) is 11.9. The quantitative estimate of drug-likeness (QED) is 0.481. The molecule has 0 atom stereocenters. The molecule has 0 heterocycles. The average Bonchev–Trinajstić information content (AvgIpc) is 2.54. The van der Waals surface area contributed by atoms with Gasteiger partial charge in [-0.2, -0.15) is 0 Å². The molecule has 0 bridgehead atoms. The highest BCUT2D eigenvalue weighted by Crippen LogP contribution is 2.27. The SMILES string of the molecule is COc1ccc(NC(=S)NC(=O)/C=C/c2ccc(Cl)cc2Cl)cc1Br. The summed E-state index contributed by atoms with van der Waals surface area (Å²) in [5.41, 5.74) is 1.39. The van der Waals surface area contributed by atoms with Gasteiger partial charge in [0.1, 0.15) is 5.75 Å². The first-order valence-electron chi connectivity index (χ1n) is 6.97. The fourth-order valence-electron chi connectivity index (χ4n) is 1.86. The van der Waals surface area contributed by atoms with E-state index in [1.54, 1.807) is 49.6 Å². The molecular formula is C17H13BrCl2N2O2S. The third-order valence-electron chi connectivity index (χ3n) is 3.02. The Morgan fingerprint density at radius 1 is 1.24 bits per heavy atom. The number of amides is 1. The summed E-state index contributed by atoms with van der Waals surface area (Å²) >= 11 is 20.4. The molecule has 0 unspecified atom stereocenters. The molecule has 2 aromatic carbocycles. The molecule has 1 amide bonds. The Morgan fingerprint density at radius 2 is 2.00 bits per heavy atom. The number of hydrogen-bond acceptors (Lipinski definition) is 3. The Hall–Kier alpha value is -1.60. The van der Waals surface area contributed by atoms with Crippen molar-refractivity contribution in [2.75, 3.05) is 12.4 Å². The second kappa shape index (κ2) is 9.20. The van der Waals surface area contributed by atoms with E-state index >= 15 is 0 Å². The van der Waals surface area contributed by atoms with Gasteiger partial charge in [-0.05, 0) is 70.1 Å². The van der Waals surface area contributed by atoms with Gasteiger partial charge in [0.25, 0.3) is 0 Å². The Balaban J connectivity index is 1.94. The summed E-state index contributed by atoms with van der Waals surface area (Å²) in [5.74, 6) is 0.319. The molecule has 25 heavy (non-hydrogen) atoms. The highest BCUT2D eigenvalue weighted by Gasteiger charge is 2.05. The van der Waals surface area contributed by atoms with E-state index in [1.165, 1.54) is 6.08 Å². The monoisotopic (exact) mass is 458 g/mol. The number of anilines is 1. The van der Waals surface area contributed by atoms with Gasteiger partial charge in [0, 0.05) is 21.8 Å². The number of carbonyl (C=O) groups excluding carboxylic acids is 1. The zero-order chi connectivity index (χ0) is 18.4. The molecule has 2 rings (SSSR count). The molecule has 0 aliphatic carbocycles. The molecule has 2 aromatic rings. The largest absolute Gasteiger partial charge is 0.496 e. The van der Waals surface area contributed by atoms with Gasteiger partial charge in [-0.25, -0.2) is 0 Å². The Morgan fingerprint density at radius 3 is 2.64 bits per heavy atom. The van der Waals surface area contributed by atoms with Crippen LogP contribution < -0.4 is 15.4 Å². The summed E-state index contributed by atoms with van der Waals surface area (Å²) in [6, 6.07) is 10.4. The number of methoxy groups -OCH3 is 1. The molecule has 0 aliphatic heterocycles. The zero-order valence-electron chi connectivity index (χ0n) is 13.0. The third kappa shape index (κ3) is 6.01. The number of thiocarbonyl (C=S) groups is 1. The molecule has 8 heteroatoms. The van der Waals surface area contributed by atoms with Gasteiger partial charge in [-0.15, -0.1) is 0 Å². The minimum atomic E-state index is -0.379. The number of rotatable bonds is 4. The van der Waals surface area contributed by atoms with E-state index in [1.807, 2.05) is 0 Å². The lowest BCUT2D eigenvalue weighted by Crippen LogP contribution is -2.32. The van der Waals surface area contributed by atoms with Crippen molar-refractivity contribution in [3.05, 3.63) is 62.6 Å². The number of carbonyl (C=O) groups is 1. The molecule has 0 spiro atoms. The van der Waals surface area contributed by atoms with Crippen LogP contribution >= 0.6 is 51.3 Å². The normalized spacial score (nSPS) is 10.6. The lowest BCUT2D eigenvalue weighted by molar-refractivity contribution is -0.115. The number of hydrogen-bond donors (Lipinski definition) is 2. The Bertz CT molecular complexity index is 843. The van der Waals surface area contributed by atoms with Crippen LogP contribution in [-0.4, -0.2) is 18.1 Å². The third-order valence-corrected chi connectivity index (χ3v) is 4.41. The van der Waals surface area contributed by atoms with Crippen LogP contribution in [0.1, 0.15) is 5.56 Å². The second-order valence-corrected chi connectivity index (χ2v) is 6.90. The lowest BCUT2D eigenvalue weighted by atomic mass is 10.2. The number of halogens is 3. The molecule has 4 nitrogen and oxygen atoms in total. The fourth-order valence-corrected chi connectivity index (χ4v) is 3.09. The van der Waals surface area contributed by atoms with Crippen LogP contribution in [0.25, 0.3) is 6.08 Å². The maximum Gasteiger partial charge on any atom is 0.250 e. The molecule has 0 aromatic heterocycles. The maximum atomic E-state index is 11.9. The second-order valence-electron chi connectivity index (χ2n) is 4.79. The molecule has 2 N–H and O–H groups in total. The van der Waals surface area contributed by atoms with Crippen LogP contribution in [0.3, 0.4) is 0 Å². The number of nitrogens with one attached hydrogen (secondary N) is 2. The van der Waals surface area contributed by atoms with Crippen LogP contribution in [0.2, 0.25) is 10.0 Å². The van der Waals surface area contributed by atoms with Crippen molar-refractivity contribution < 1.29 is 9.53 Å². The van der Waals surface area contributed by atoms with Crippen molar-refractivity contribution in [3.63, 3.8) is 0 Å². The zero-order valence-corrected chi connectivity index (χ0v) is 16.9. The standard InChI is InChI=1S/C17H13BrCl2N2O2S/c1-24-15-6-5-12(9-13(15)18)21-17(25)22-16(23)7-3-10-2-4-11(19)8-14(10)20/h2-9H,1H3,(H2,21,22,23,25)/b7-3+. The highest BCUT2D eigenvalue weighted by atomic mass is 79.9. The molecule has 0 saturated heterocycles. The first-order chi connectivity index (χ1) is 11.9. The van der Waals surface area contributed by atoms with Gasteiger partial charge in [0.15, 0.2) is 5.11 Å². The van der Waals surface area contributed by atoms with E-state index in [4.69, 9.17) is 40.2 Å². The highest BCUT2D eigenvalue weighted by molar-refractivity contribution is 9.10. The van der Waals surface area contributed by atoms with E-state index < -0.39 is 0 Å². The Labute approximate surface area is 169 Å². The van der Waals surface area contributed by atoms with Crippen LogP contribution in [0.4, 0.5) is 5.69 Å². The van der Waals surface area contributed by atoms with Crippen molar-refractivity contribution in [2.45, 2.75) is 0 Å². The van der Waals surface area contributed by atoms with Gasteiger partial charge in [-0.3, -0.25) is 10.1 Å². The maximum absolute atomic E-state index is 11.9. The van der Waals surface area contributed by atoms with E-state index in [9.17, 15) is 4.79 Å². The lowest BCUT2D eigenvalue weighted by Gasteiger charge is -2.10. The predicted octanol–water partition coefficient (Wildman–Crippen LogP) is 5.29. The number of benzene rings is 2. The van der Waals surface area contributed by atoms with Crippen LogP contribution in [0.5, 0.6) is 5.75 Å². The van der Waals surface area contributed by atoms with Crippen molar-refractivity contribution in [2.24, 2.45) is 0 Å². The fraction of sp³-hybridized carbons (Fsp3) is 0.0588. The summed E-state index contributed by atoms with van der Waals surface area (Å²) in [6.45, 7) is 0. The first-order valence-corrected chi connectivity index (χ1v) is 8.93. The van der Waals surface area contributed by atoms with Gasteiger partial charge >= 0.3 is 0 Å². The van der Waals surface area contributed by atoms with E-state index in [-0.39, 0.29) is 11.0 Å². The topological polar surface area (TPSA) is 50.4 Å². The smallest absolute Gasteiger partial charge is 0.250 e. The summed E-state index contributed by atoms with van der Waals surface area (Å²) in [5, 5.41) is 6.64. The Kier molecular flexibility index (Phi) is 7.25. The summed E-state index contributed by atoms with van der Waals surface area (Å²) in [6.07, 6.45) is 2.92. The van der Waals surface area contributed by atoms with Crippen LogP contribution in [-0.2, 0) is 4.79 Å². The predicted molar refractivity (Wildman–Crippen MR) is 111 cm³/mol. The van der Waals surface area contributed by atoms with Crippen molar-refractivity contribution >= 4 is 74.1 Å². The molecule has 0 aliphatic rings. The van der Waals surface area contributed by atoms with E-state index in [0.29, 0.717) is 27.0 Å². The van der Waals surface area contributed by atoms with E-state index in [0.717, 1.165) is 4.47 Å². The molecular weight excluding hydrogens is 447 g/mol. The molecule has 0 saturated carbocycles. The summed E-state index contributed by atoms with van der Waals surface area (Å²) in [7, 11) is 1.58. The van der Waals surface area contributed by atoms with Crippen molar-refractivity contribution in [1.29, 1.82) is 0 Å². The van der Waals surface area contributed by atoms with Crippen molar-refractivity contribution in [3.8, 4) is 5.75 Å². The molecule has 0 fully saturated rings. The minimum absolute atomic E-state index is 0.175.